The highest BCUT2D eigenvalue weighted by Gasteiger charge is 2.33. The number of fused-ring (bicyclic) bond motifs is 1. The van der Waals surface area contributed by atoms with E-state index < -0.39 is 11.7 Å². The van der Waals surface area contributed by atoms with Crippen LogP contribution in [-0.4, -0.2) is 9.97 Å². The van der Waals surface area contributed by atoms with Crippen LogP contribution in [0.2, 0.25) is 0 Å². The Morgan fingerprint density at radius 2 is 2.00 bits per heavy atom. The summed E-state index contributed by atoms with van der Waals surface area (Å²) in [5.41, 5.74) is -0.459. The zero-order chi connectivity index (χ0) is 10.3. The summed E-state index contributed by atoms with van der Waals surface area (Å²) in [7, 11) is 0. The Morgan fingerprint density at radius 1 is 1.29 bits per heavy atom. The molecule has 74 valence electrons. The van der Waals surface area contributed by atoms with Crippen LogP contribution in [0.4, 0.5) is 13.2 Å². The number of hydrogen-bond donors (Lipinski definition) is 1. The Labute approximate surface area is 85.3 Å². The maximum absolute atomic E-state index is 12.4. The van der Waals surface area contributed by atoms with E-state index in [9.17, 15) is 13.2 Å². The molecule has 0 aliphatic rings. The molecule has 6 heteroatoms. The van der Waals surface area contributed by atoms with Crippen LogP contribution in [0.1, 0.15) is 5.56 Å². The fourth-order valence-corrected chi connectivity index (χ4v) is 1.52. The van der Waals surface area contributed by atoms with E-state index in [2.05, 4.69) is 25.9 Å². The normalized spacial score (nSPS) is 12.3. The van der Waals surface area contributed by atoms with Crippen LogP contribution in [0.5, 0.6) is 0 Å². The van der Waals surface area contributed by atoms with Gasteiger partial charge >= 0.3 is 6.18 Å². The Hall–Kier alpha value is -1.04. The average Bonchev–Trinajstić information content (AvgIpc) is 2.45. The first-order valence-corrected chi connectivity index (χ1v) is 4.48. The number of rotatable bonds is 0. The molecule has 2 rings (SSSR count). The number of hydrogen-bond acceptors (Lipinski definition) is 1. The van der Waals surface area contributed by atoms with Crippen molar-refractivity contribution in [1.82, 2.24) is 9.97 Å². The minimum atomic E-state index is -4.34. The maximum atomic E-state index is 12.4. The van der Waals surface area contributed by atoms with E-state index in [1.807, 2.05) is 0 Å². The largest absolute Gasteiger partial charge is 0.418 e. The number of halogens is 4. The van der Waals surface area contributed by atoms with Crippen molar-refractivity contribution in [2.75, 3.05) is 0 Å². The summed E-state index contributed by atoms with van der Waals surface area (Å²) in [6.07, 6.45) is -3.42. The first kappa shape index (κ1) is 9.51. The first-order valence-electron chi connectivity index (χ1n) is 3.69. The number of aromatic nitrogens is 2. The van der Waals surface area contributed by atoms with Crippen molar-refractivity contribution in [3.8, 4) is 0 Å². The Morgan fingerprint density at radius 3 is 2.64 bits per heavy atom. The summed E-state index contributed by atoms with van der Waals surface area (Å²) in [6, 6.07) is 2.86. The lowest BCUT2D eigenvalue weighted by Gasteiger charge is -2.03. The number of pyridine rings is 1. The number of nitrogens with zero attached hydrogens (tertiary/aromatic N) is 1. The third-order valence-electron chi connectivity index (χ3n) is 1.81. The van der Waals surface area contributed by atoms with Gasteiger partial charge in [-0.05, 0) is 28.1 Å². The Kier molecular flexibility index (Phi) is 2.02. The Bertz CT molecular complexity index is 475. The lowest BCUT2D eigenvalue weighted by Crippen LogP contribution is -2.03. The predicted octanol–water partition coefficient (Wildman–Crippen LogP) is 3.34. The van der Waals surface area contributed by atoms with Gasteiger partial charge < -0.3 is 4.98 Å². The van der Waals surface area contributed by atoms with E-state index in [-0.39, 0.29) is 11.0 Å². The maximum Gasteiger partial charge on any atom is 0.418 e. The molecule has 1 N–H and O–H groups in total. The van der Waals surface area contributed by atoms with Gasteiger partial charge in [0.25, 0.3) is 0 Å². The molecule has 0 fully saturated rings. The fourth-order valence-electron chi connectivity index (χ4n) is 1.22. The minimum Gasteiger partial charge on any atom is -0.345 e. The SMILES string of the molecule is FC(F)(F)c1c[nH]c2nc(Br)ccc12. The highest BCUT2D eigenvalue weighted by Crippen LogP contribution is 2.34. The van der Waals surface area contributed by atoms with Crippen LogP contribution >= 0.6 is 15.9 Å². The molecule has 0 saturated carbocycles. The minimum absolute atomic E-state index is 0.0840. The summed E-state index contributed by atoms with van der Waals surface area (Å²) in [5, 5.41) is 0.0840. The quantitative estimate of drug-likeness (QED) is 0.727. The smallest absolute Gasteiger partial charge is 0.345 e. The number of alkyl halides is 3. The van der Waals surface area contributed by atoms with Crippen molar-refractivity contribution in [1.29, 1.82) is 0 Å². The van der Waals surface area contributed by atoms with E-state index in [0.717, 1.165) is 6.20 Å². The van der Waals surface area contributed by atoms with Gasteiger partial charge in [0.1, 0.15) is 10.3 Å². The number of H-pyrrole nitrogens is 1. The van der Waals surface area contributed by atoms with Gasteiger partial charge in [0.05, 0.1) is 5.56 Å². The van der Waals surface area contributed by atoms with E-state index in [4.69, 9.17) is 0 Å². The van der Waals surface area contributed by atoms with E-state index >= 15 is 0 Å². The molecule has 14 heavy (non-hydrogen) atoms. The number of aromatic amines is 1. The van der Waals surface area contributed by atoms with Gasteiger partial charge in [-0.3, -0.25) is 0 Å². The third-order valence-corrected chi connectivity index (χ3v) is 2.25. The lowest BCUT2D eigenvalue weighted by atomic mass is 10.2. The van der Waals surface area contributed by atoms with Crippen LogP contribution < -0.4 is 0 Å². The zero-order valence-corrected chi connectivity index (χ0v) is 8.28. The van der Waals surface area contributed by atoms with Gasteiger partial charge in [0.2, 0.25) is 0 Å². The predicted molar refractivity (Wildman–Crippen MR) is 48.8 cm³/mol. The van der Waals surface area contributed by atoms with Gasteiger partial charge in [-0.1, -0.05) is 0 Å². The van der Waals surface area contributed by atoms with Crippen LogP contribution in [-0.2, 0) is 6.18 Å². The van der Waals surface area contributed by atoms with Crippen LogP contribution in [0.3, 0.4) is 0 Å². The molecule has 0 unspecified atom stereocenters. The Balaban J connectivity index is 2.70. The molecule has 0 bridgehead atoms. The second-order valence-corrected chi connectivity index (χ2v) is 3.54. The highest BCUT2D eigenvalue weighted by atomic mass is 79.9. The molecule has 2 heterocycles. The standard InChI is InChI=1S/C8H4BrF3N2/c9-6-2-1-4-5(8(10,11)12)3-13-7(4)14-6/h1-3H,(H,13,14). The monoisotopic (exact) mass is 264 g/mol. The average molecular weight is 265 g/mol. The molecule has 0 aromatic carbocycles. The van der Waals surface area contributed by atoms with E-state index in [1.165, 1.54) is 12.1 Å². The molecular weight excluding hydrogens is 261 g/mol. The molecule has 0 aliphatic heterocycles. The molecule has 0 saturated heterocycles. The van der Waals surface area contributed by atoms with Crippen molar-refractivity contribution < 1.29 is 13.2 Å². The summed E-state index contributed by atoms with van der Waals surface area (Å²) >= 11 is 3.08. The first-order chi connectivity index (χ1) is 6.48. The molecule has 0 amide bonds. The van der Waals surface area contributed by atoms with Crippen molar-refractivity contribution in [3.63, 3.8) is 0 Å². The van der Waals surface area contributed by atoms with Gasteiger partial charge in [0, 0.05) is 11.6 Å². The summed E-state index contributed by atoms with van der Waals surface area (Å²) in [5.74, 6) is 0. The molecular formula is C8H4BrF3N2. The zero-order valence-electron chi connectivity index (χ0n) is 6.69. The molecule has 2 nitrogen and oxygen atoms in total. The van der Waals surface area contributed by atoms with Gasteiger partial charge in [-0.25, -0.2) is 4.98 Å². The summed E-state index contributed by atoms with van der Waals surface area (Å²) in [6.45, 7) is 0. The second-order valence-electron chi connectivity index (χ2n) is 2.73. The van der Waals surface area contributed by atoms with Crippen LogP contribution in [0.25, 0.3) is 11.0 Å². The molecule has 2 aromatic rings. The highest BCUT2D eigenvalue weighted by molar-refractivity contribution is 9.10. The van der Waals surface area contributed by atoms with Crippen molar-refractivity contribution in [3.05, 3.63) is 28.5 Å². The van der Waals surface area contributed by atoms with Gasteiger partial charge in [-0.15, -0.1) is 0 Å². The number of nitrogens with one attached hydrogen (secondary N) is 1. The van der Waals surface area contributed by atoms with Crippen molar-refractivity contribution in [2.45, 2.75) is 6.18 Å². The topological polar surface area (TPSA) is 28.7 Å². The molecule has 0 aliphatic carbocycles. The summed E-state index contributed by atoms with van der Waals surface area (Å²) in [4.78, 5) is 6.35. The molecule has 0 atom stereocenters. The van der Waals surface area contributed by atoms with Crippen molar-refractivity contribution >= 4 is 27.0 Å². The van der Waals surface area contributed by atoms with Crippen molar-refractivity contribution in [2.24, 2.45) is 0 Å². The molecule has 0 spiro atoms. The second kappa shape index (κ2) is 2.98. The van der Waals surface area contributed by atoms with Crippen LogP contribution in [0.15, 0.2) is 22.9 Å². The summed E-state index contributed by atoms with van der Waals surface area (Å²) < 4.78 is 37.7. The lowest BCUT2D eigenvalue weighted by molar-refractivity contribution is -0.136. The van der Waals surface area contributed by atoms with E-state index in [1.54, 1.807) is 0 Å². The van der Waals surface area contributed by atoms with Crippen LogP contribution in [0, 0.1) is 0 Å². The van der Waals surface area contributed by atoms with Gasteiger partial charge in [0.15, 0.2) is 0 Å². The fraction of sp³-hybridized carbons (Fsp3) is 0.125. The molecule has 2 aromatic heterocycles. The third kappa shape index (κ3) is 1.50. The van der Waals surface area contributed by atoms with Gasteiger partial charge in [-0.2, -0.15) is 13.2 Å². The van der Waals surface area contributed by atoms with E-state index in [0.29, 0.717) is 4.60 Å². The molecule has 0 radical (unpaired) electrons.